The third-order valence-corrected chi connectivity index (χ3v) is 1.79. The summed E-state index contributed by atoms with van der Waals surface area (Å²) in [6, 6.07) is 2.95. The summed E-state index contributed by atoms with van der Waals surface area (Å²) in [5.74, 6) is 0. The monoisotopic (exact) mass is 196 g/mol. The maximum atomic E-state index is 10.4. The molecule has 1 rings (SSSR count). The largest absolute Gasteiger partial charge is 0.398 e. The van der Waals surface area contributed by atoms with Gasteiger partial charge >= 0.3 is 0 Å². The molecule has 0 aliphatic rings. The van der Waals surface area contributed by atoms with Crippen LogP contribution in [0.15, 0.2) is 12.1 Å². The molecule has 78 valence electrons. The molecule has 14 heavy (non-hydrogen) atoms. The number of nitrogen functional groups attached to an aromatic ring is 1. The minimum atomic E-state index is -0.417. The molecule has 0 fully saturated rings. The van der Waals surface area contributed by atoms with Crippen molar-refractivity contribution in [2.24, 2.45) is 0 Å². The Bertz CT molecular complexity index is 312. The number of rotatable bonds is 1. The first-order valence-electron chi connectivity index (χ1n) is 4.53. The molecule has 2 N–H and O–H groups in total. The quantitative estimate of drug-likeness (QED) is 0.426. The Labute approximate surface area is 83.9 Å². The van der Waals surface area contributed by atoms with Crippen molar-refractivity contribution in [2.45, 2.75) is 27.7 Å². The van der Waals surface area contributed by atoms with E-state index in [0.717, 1.165) is 11.1 Å². The third-order valence-electron chi connectivity index (χ3n) is 1.79. The first kappa shape index (κ1) is 12.4. The molecule has 0 spiro atoms. The van der Waals surface area contributed by atoms with Gasteiger partial charge in [-0.2, -0.15) is 0 Å². The second-order valence-corrected chi connectivity index (χ2v) is 2.75. The topological polar surface area (TPSA) is 69.2 Å². The Morgan fingerprint density at radius 2 is 1.57 bits per heavy atom. The van der Waals surface area contributed by atoms with Crippen molar-refractivity contribution in [3.63, 3.8) is 0 Å². The highest BCUT2D eigenvalue weighted by Crippen LogP contribution is 2.22. The van der Waals surface area contributed by atoms with Gasteiger partial charge in [-0.15, -0.1) is 0 Å². The van der Waals surface area contributed by atoms with E-state index >= 15 is 0 Å². The standard InChI is InChI=1S/C8H10N2O2.C2H6/c1-5-3-7(10(11)12)4-6(2)8(5)9;1-2/h3-4H,9H2,1-2H3;1-2H3. The molecule has 0 heterocycles. The molecule has 0 aliphatic heterocycles. The first-order chi connectivity index (χ1) is 6.52. The number of nitro groups is 1. The number of benzene rings is 1. The van der Waals surface area contributed by atoms with E-state index in [4.69, 9.17) is 5.73 Å². The lowest BCUT2D eigenvalue weighted by Gasteiger charge is -2.02. The molecule has 0 bridgehead atoms. The number of nitro benzene ring substituents is 1. The molecule has 0 atom stereocenters. The average molecular weight is 196 g/mol. The van der Waals surface area contributed by atoms with E-state index in [2.05, 4.69) is 0 Å². The summed E-state index contributed by atoms with van der Waals surface area (Å²) in [5, 5.41) is 10.4. The van der Waals surface area contributed by atoms with Crippen LogP contribution in [-0.4, -0.2) is 4.92 Å². The molecule has 4 nitrogen and oxygen atoms in total. The van der Waals surface area contributed by atoms with Crippen LogP contribution in [-0.2, 0) is 0 Å². The van der Waals surface area contributed by atoms with E-state index in [-0.39, 0.29) is 5.69 Å². The third kappa shape index (κ3) is 2.73. The minimum Gasteiger partial charge on any atom is -0.398 e. The predicted octanol–water partition coefficient (Wildman–Crippen LogP) is 2.82. The Hall–Kier alpha value is -1.58. The molecular formula is C10H16N2O2. The first-order valence-corrected chi connectivity index (χ1v) is 4.53. The van der Waals surface area contributed by atoms with Crippen LogP contribution in [0.5, 0.6) is 0 Å². The summed E-state index contributed by atoms with van der Waals surface area (Å²) in [6.45, 7) is 7.52. The van der Waals surface area contributed by atoms with Gasteiger partial charge in [-0.1, -0.05) is 13.8 Å². The van der Waals surface area contributed by atoms with Crippen molar-refractivity contribution >= 4 is 11.4 Å². The van der Waals surface area contributed by atoms with Crippen LogP contribution in [0, 0.1) is 24.0 Å². The molecule has 0 unspecified atom stereocenters. The highest BCUT2D eigenvalue weighted by atomic mass is 16.6. The fourth-order valence-corrected chi connectivity index (χ4v) is 1.06. The SMILES string of the molecule is CC.Cc1cc([N+](=O)[O-])cc(C)c1N. The van der Waals surface area contributed by atoms with Crippen LogP contribution < -0.4 is 5.73 Å². The van der Waals surface area contributed by atoms with Crippen molar-refractivity contribution in [1.29, 1.82) is 0 Å². The molecule has 0 radical (unpaired) electrons. The summed E-state index contributed by atoms with van der Waals surface area (Å²) in [6.07, 6.45) is 0. The maximum Gasteiger partial charge on any atom is 0.270 e. The van der Waals surface area contributed by atoms with Crippen molar-refractivity contribution in [3.05, 3.63) is 33.4 Å². The summed E-state index contributed by atoms with van der Waals surface area (Å²) in [7, 11) is 0. The number of non-ortho nitro benzene ring substituents is 1. The number of anilines is 1. The number of hydrogen-bond donors (Lipinski definition) is 1. The fourth-order valence-electron chi connectivity index (χ4n) is 1.06. The van der Waals surface area contributed by atoms with Crippen LogP contribution in [0.25, 0.3) is 0 Å². The zero-order valence-electron chi connectivity index (χ0n) is 9.00. The van der Waals surface area contributed by atoms with Crippen LogP contribution in [0.1, 0.15) is 25.0 Å². The van der Waals surface area contributed by atoms with Gasteiger partial charge in [0.1, 0.15) is 0 Å². The van der Waals surface area contributed by atoms with Gasteiger partial charge in [0.2, 0.25) is 0 Å². The predicted molar refractivity (Wildman–Crippen MR) is 58.3 cm³/mol. The van der Waals surface area contributed by atoms with Gasteiger partial charge in [0.15, 0.2) is 0 Å². The number of nitrogens with two attached hydrogens (primary N) is 1. The van der Waals surface area contributed by atoms with Gasteiger partial charge in [0, 0.05) is 17.8 Å². The van der Waals surface area contributed by atoms with E-state index in [0.29, 0.717) is 5.69 Å². The normalized spacial score (nSPS) is 8.86. The number of aryl methyl sites for hydroxylation is 2. The van der Waals surface area contributed by atoms with Crippen LogP contribution in [0.4, 0.5) is 11.4 Å². The minimum absolute atomic E-state index is 0.0965. The second-order valence-electron chi connectivity index (χ2n) is 2.75. The lowest BCUT2D eigenvalue weighted by atomic mass is 10.1. The highest BCUT2D eigenvalue weighted by Gasteiger charge is 2.08. The van der Waals surface area contributed by atoms with Gasteiger partial charge in [-0.25, -0.2) is 0 Å². The van der Waals surface area contributed by atoms with Gasteiger partial charge in [0.25, 0.3) is 5.69 Å². The molecule has 0 saturated carbocycles. The van der Waals surface area contributed by atoms with Gasteiger partial charge in [-0.05, 0) is 25.0 Å². The number of nitrogens with zero attached hydrogens (tertiary/aromatic N) is 1. The number of hydrogen-bond acceptors (Lipinski definition) is 3. The van der Waals surface area contributed by atoms with E-state index in [9.17, 15) is 10.1 Å². The highest BCUT2D eigenvalue weighted by molar-refractivity contribution is 5.57. The van der Waals surface area contributed by atoms with Crippen molar-refractivity contribution in [3.8, 4) is 0 Å². The van der Waals surface area contributed by atoms with Crippen molar-refractivity contribution in [2.75, 3.05) is 5.73 Å². The Morgan fingerprint density at radius 3 is 1.86 bits per heavy atom. The van der Waals surface area contributed by atoms with E-state index < -0.39 is 4.92 Å². The molecule has 0 aromatic heterocycles. The van der Waals surface area contributed by atoms with Gasteiger partial charge in [-0.3, -0.25) is 10.1 Å². The van der Waals surface area contributed by atoms with Gasteiger partial charge in [0.05, 0.1) is 4.92 Å². The molecule has 0 saturated heterocycles. The van der Waals surface area contributed by atoms with Crippen molar-refractivity contribution < 1.29 is 4.92 Å². The van der Waals surface area contributed by atoms with E-state index in [1.807, 2.05) is 13.8 Å². The van der Waals surface area contributed by atoms with E-state index in [1.54, 1.807) is 13.8 Å². The zero-order valence-corrected chi connectivity index (χ0v) is 9.00. The van der Waals surface area contributed by atoms with Crippen molar-refractivity contribution in [1.82, 2.24) is 0 Å². The molecule has 1 aromatic rings. The summed E-state index contributed by atoms with van der Waals surface area (Å²) >= 11 is 0. The fraction of sp³-hybridized carbons (Fsp3) is 0.400. The molecule has 0 amide bonds. The van der Waals surface area contributed by atoms with Crippen LogP contribution >= 0.6 is 0 Å². The molecule has 1 aromatic carbocycles. The van der Waals surface area contributed by atoms with Gasteiger partial charge < -0.3 is 5.73 Å². The lowest BCUT2D eigenvalue weighted by Crippen LogP contribution is -1.96. The summed E-state index contributed by atoms with van der Waals surface area (Å²) in [5.41, 5.74) is 7.85. The molecule has 0 aliphatic carbocycles. The van der Waals surface area contributed by atoms with Crippen LogP contribution in [0.2, 0.25) is 0 Å². The smallest absolute Gasteiger partial charge is 0.270 e. The molecule has 4 heteroatoms. The lowest BCUT2D eigenvalue weighted by molar-refractivity contribution is -0.384. The van der Waals surface area contributed by atoms with Crippen LogP contribution in [0.3, 0.4) is 0 Å². The summed E-state index contributed by atoms with van der Waals surface area (Å²) in [4.78, 5) is 9.96. The average Bonchev–Trinajstić information content (AvgIpc) is 2.16. The summed E-state index contributed by atoms with van der Waals surface area (Å²) < 4.78 is 0. The Morgan fingerprint density at radius 1 is 1.21 bits per heavy atom. The Kier molecular flexibility index (Phi) is 4.63. The maximum absolute atomic E-state index is 10.4. The second kappa shape index (κ2) is 5.21. The Balaban J connectivity index is 0.000000791. The molecular weight excluding hydrogens is 180 g/mol. The van der Waals surface area contributed by atoms with E-state index in [1.165, 1.54) is 12.1 Å². The zero-order chi connectivity index (χ0) is 11.3.